The van der Waals surface area contributed by atoms with Gasteiger partial charge in [-0.1, -0.05) is 19.1 Å². The molecule has 0 fully saturated rings. The van der Waals surface area contributed by atoms with Gasteiger partial charge in [0.25, 0.3) is 0 Å². The van der Waals surface area contributed by atoms with Crippen molar-refractivity contribution in [2.75, 3.05) is 0 Å². The number of esters is 1. The number of carbonyl (C=O) groups excluding carboxylic acids is 1. The molecule has 2 aromatic carbocycles. The molecular formula is C15H13FO2. The van der Waals surface area contributed by atoms with Crippen LogP contribution in [-0.4, -0.2) is 5.97 Å². The highest BCUT2D eigenvalue weighted by molar-refractivity contribution is 5.91. The van der Waals surface area contributed by atoms with E-state index < -0.39 is 5.97 Å². The molecule has 2 rings (SSSR count). The van der Waals surface area contributed by atoms with Gasteiger partial charge in [0.15, 0.2) is 0 Å². The molecule has 0 bridgehead atoms. The van der Waals surface area contributed by atoms with Gasteiger partial charge in [-0.2, -0.15) is 0 Å². The Labute approximate surface area is 105 Å². The number of hydrogen-bond donors (Lipinski definition) is 0. The summed E-state index contributed by atoms with van der Waals surface area (Å²) in [4.78, 5) is 11.8. The van der Waals surface area contributed by atoms with Crippen molar-refractivity contribution in [2.45, 2.75) is 13.3 Å². The topological polar surface area (TPSA) is 26.3 Å². The molecule has 0 radical (unpaired) electrons. The zero-order valence-corrected chi connectivity index (χ0v) is 10.0. The van der Waals surface area contributed by atoms with Gasteiger partial charge in [-0.25, -0.2) is 9.18 Å². The molecule has 2 aromatic rings. The van der Waals surface area contributed by atoms with Gasteiger partial charge in [0.1, 0.15) is 11.6 Å². The van der Waals surface area contributed by atoms with E-state index in [1.54, 1.807) is 12.1 Å². The minimum Gasteiger partial charge on any atom is -0.423 e. The van der Waals surface area contributed by atoms with Crippen molar-refractivity contribution >= 4 is 5.97 Å². The average Bonchev–Trinajstić information content (AvgIpc) is 2.41. The van der Waals surface area contributed by atoms with Gasteiger partial charge in [-0.05, 0) is 48.4 Å². The Bertz CT molecular complexity index is 529. The predicted molar refractivity (Wildman–Crippen MR) is 67.2 cm³/mol. The first-order valence-corrected chi connectivity index (χ1v) is 5.75. The van der Waals surface area contributed by atoms with Gasteiger partial charge in [-0.15, -0.1) is 0 Å². The monoisotopic (exact) mass is 244 g/mol. The third kappa shape index (κ3) is 2.94. The summed E-state index contributed by atoms with van der Waals surface area (Å²) in [5.74, 6) is -0.465. The molecule has 0 unspecified atom stereocenters. The van der Waals surface area contributed by atoms with Gasteiger partial charge < -0.3 is 4.74 Å². The van der Waals surface area contributed by atoms with E-state index in [1.807, 2.05) is 19.1 Å². The average molecular weight is 244 g/mol. The summed E-state index contributed by atoms with van der Waals surface area (Å²) in [6.45, 7) is 2.05. The number of aryl methyl sites for hydroxylation is 1. The third-order valence-corrected chi connectivity index (χ3v) is 2.62. The van der Waals surface area contributed by atoms with E-state index >= 15 is 0 Å². The molecule has 0 N–H and O–H groups in total. The molecule has 0 saturated heterocycles. The minimum absolute atomic E-state index is 0.334. The Morgan fingerprint density at radius 2 is 1.67 bits per heavy atom. The summed E-state index contributed by atoms with van der Waals surface area (Å²) in [5, 5.41) is 0. The zero-order chi connectivity index (χ0) is 13.0. The van der Waals surface area contributed by atoms with Crippen LogP contribution in [0.1, 0.15) is 22.8 Å². The maximum Gasteiger partial charge on any atom is 0.343 e. The number of rotatable bonds is 3. The summed E-state index contributed by atoms with van der Waals surface area (Å²) in [7, 11) is 0. The minimum atomic E-state index is -0.440. The van der Waals surface area contributed by atoms with Crippen LogP contribution in [0.25, 0.3) is 0 Å². The molecular weight excluding hydrogens is 231 g/mol. The van der Waals surface area contributed by atoms with Crippen LogP contribution in [-0.2, 0) is 6.42 Å². The summed E-state index contributed by atoms with van der Waals surface area (Å²) in [6.07, 6.45) is 0.924. The van der Waals surface area contributed by atoms with Crippen molar-refractivity contribution in [1.82, 2.24) is 0 Å². The summed E-state index contributed by atoms with van der Waals surface area (Å²) in [5.41, 5.74) is 1.64. The zero-order valence-electron chi connectivity index (χ0n) is 10.0. The molecule has 0 aromatic heterocycles. The van der Waals surface area contributed by atoms with Gasteiger partial charge >= 0.3 is 5.97 Å². The highest BCUT2D eigenvalue weighted by atomic mass is 19.1. The van der Waals surface area contributed by atoms with E-state index in [4.69, 9.17) is 4.74 Å². The highest BCUT2D eigenvalue weighted by Crippen LogP contribution is 2.14. The second-order valence-corrected chi connectivity index (χ2v) is 3.89. The first-order chi connectivity index (χ1) is 8.69. The fourth-order valence-corrected chi connectivity index (χ4v) is 1.55. The van der Waals surface area contributed by atoms with Crippen LogP contribution in [0, 0.1) is 5.82 Å². The van der Waals surface area contributed by atoms with E-state index in [0.717, 1.165) is 12.0 Å². The van der Waals surface area contributed by atoms with Crippen molar-refractivity contribution in [3.8, 4) is 5.75 Å². The Morgan fingerprint density at radius 3 is 2.22 bits per heavy atom. The van der Waals surface area contributed by atoms with Crippen LogP contribution in [0.4, 0.5) is 4.39 Å². The van der Waals surface area contributed by atoms with Gasteiger partial charge in [0.2, 0.25) is 0 Å². The fraction of sp³-hybridized carbons (Fsp3) is 0.133. The first kappa shape index (κ1) is 12.3. The summed E-state index contributed by atoms with van der Waals surface area (Å²) >= 11 is 0. The maximum atomic E-state index is 12.7. The van der Waals surface area contributed by atoms with Crippen LogP contribution >= 0.6 is 0 Å². The molecule has 0 aliphatic rings. The van der Waals surface area contributed by atoms with E-state index in [2.05, 4.69) is 0 Å². The number of carbonyl (C=O) groups is 1. The molecule has 2 nitrogen and oxygen atoms in total. The van der Waals surface area contributed by atoms with Gasteiger partial charge in [0, 0.05) is 0 Å². The van der Waals surface area contributed by atoms with E-state index in [1.165, 1.54) is 24.3 Å². The lowest BCUT2D eigenvalue weighted by Gasteiger charge is -2.04. The number of halogens is 1. The van der Waals surface area contributed by atoms with Gasteiger partial charge in [-0.3, -0.25) is 0 Å². The summed E-state index contributed by atoms with van der Waals surface area (Å²) in [6, 6.07) is 12.6. The second kappa shape index (κ2) is 5.45. The Hall–Kier alpha value is -2.16. The number of hydrogen-bond acceptors (Lipinski definition) is 2. The SMILES string of the molecule is CCc1ccc(C(=O)Oc2ccc(F)cc2)cc1. The van der Waals surface area contributed by atoms with Crippen LogP contribution in [0.5, 0.6) is 5.75 Å². The molecule has 0 amide bonds. The normalized spacial score (nSPS) is 10.1. The van der Waals surface area contributed by atoms with Crippen LogP contribution in [0.2, 0.25) is 0 Å². The number of benzene rings is 2. The van der Waals surface area contributed by atoms with Crippen LogP contribution in [0.3, 0.4) is 0 Å². The third-order valence-electron chi connectivity index (χ3n) is 2.62. The van der Waals surface area contributed by atoms with Crippen molar-refractivity contribution < 1.29 is 13.9 Å². The predicted octanol–water partition coefficient (Wildman–Crippen LogP) is 3.61. The van der Waals surface area contributed by atoms with Crippen LogP contribution in [0.15, 0.2) is 48.5 Å². The van der Waals surface area contributed by atoms with Crippen molar-refractivity contribution in [3.05, 3.63) is 65.5 Å². The molecule has 18 heavy (non-hydrogen) atoms. The Balaban J connectivity index is 2.09. The highest BCUT2D eigenvalue weighted by Gasteiger charge is 2.08. The van der Waals surface area contributed by atoms with Crippen molar-refractivity contribution in [1.29, 1.82) is 0 Å². The largest absolute Gasteiger partial charge is 0.423 e. The standard InChI is InChI=1S/C15H13FO2/c1-2-11-3-5-12(6-4-11)15(17)18-14-9-7-13(16)8-10-14/h3-10H,2H2,1H3. The Morgan fingerprint density at radius 1 is 1.06 bits per heavy atom. The summed E-state index contributed by atoms with van der Waals surface area (Å²) < 4.78 is 17.8. The molecule has 3 heteroatoms. The number of ether oxygens (including phenoxy) is 1. The fourth-order valence-electron chi connectivity index (χ4n) is 1.55. The van der Waals surface area contributed by atoms with E-state index in [9.17, 15) is 9.18 Å². The molecule has 0 aliphatic carbocycles. The van der Waals surface area contributed by atoms with Crippen molar-refractivity contribution in [2.24, 2.45) is 0 Å². The smallest absolute Gasteiger partial charge is 0.343 e. The lowest BCUT2D eigenvalue weighted by atomic mass is 10.1. The van der Waals surface area contributed by atoms with Crippen molar-refractivity contribution in [3.63, 3.8) is 0 Å². The molecule has 0 saturated carbocycles. The lowest BCUT2D eigenvalue weighted by molar-refractivity contribution is 0.0734. The Kier molecular flexibility index (Phi) is 3.72. The molecule has 92 valence electrons. The molecule has 0 spiro atoms. The molecule has 0 heterocycles. The second-order valence-electron chi connectivity index (χ2n) is 3.89. The van der Waals surface area contributed by atoms with Crippen LogP contribution < -0.4 is 4.74 Å². The maximum absolute atomic E-state index is 12.7. The molecule has 0 aliphatic heterocycles. The quantitative estimate of drug-likeness (QED) is 0.609. The van der Waals surface area contributed by atoms with E-state index in [-0.39, 0.29) is 5.82 Å². The first-order valence-electron chi connectivity index (χ1n) is 5.75. The molecule has 0 atom stereocenters. The van der Waals surface area contributed by atoms with E-state index in [0.29, 0.717) is 11.3 Å². The van der Waals surface area contributed by atoms with Gasteiger partial charge in [0.05, 0.1) is 5.56 Å². The lowest BCUT2D eigenvalue weighted by Crippen LogP contribution is -2.08.